The van der Waals surface area contributed by atoms with Gasteiger partial charge >= 0.3 is 0 Å². The lowest BCUT2D eigenvalue weighted by atomic mass is 9.95. The summed E-state index contributed by atoms with van der Waals surface area (Å²) >= 11 is 0. The van der Waals surface area contributed by atoms with E-state index in [1.165, 1.54) is 22.3 Å². The Balaban J connectivity index is 2.23. The van der Waals surface area contributed by atoms with E-state index in [0.717, 1.165) is 19.5 Å². The van der Waals surface area contributed by atoms with Crippen LogP contribution in [0.1, 0.15) is 42.1 Å². The third-order valence-corrected chi connectivity index (χ3v) is 3.71. The van der Waals surface area contributed by atoms with Crippen LogP contribution in [0.5, 0.6) is 0 Å². The Morgan fingerprint density at radius 3 is 2.70 bits per heavy atom. The molecule has 0 saturated heterocycles. The predicted octanol–water partition coefficient (Wildman–Crippen LogP) is 3.41. The molecule has 0 radical (unpaired) electrons. The van der Waals surface area contributed by atoms with Crippen LogP contribution < -0.4 is 5.32 Å². The average molecular weight is 271 g/mol. The molecule has 3 heteroatoms. The molecule has 0 fully saturated rings. The number of aromatic nitrogens is 2. The lowest BCUT2D eigenvalue weighted by Gasteiger charge is -2.20. The molecule has 1 aromatic heterocycles. The van der Waals surface area contributed by atoms with Crippen LogP contribution in [0.2, 0.25) is 0 Å². The molecule has 1 heterocycles. The second kappa shape index (κ2) is 6.71. The summed E-state index contributed by atoms with van der Waals surface area (Å²) in [5.74, 6) is 0. The van der Waals surface area contributed by atoms with Gasteiger partial charge in [0.05, 0.1) is 6.20 Å². The summed E-state index contributed by atoms with van der Waals surface area (Å²) in [4.78, 5) is 0. The van der Waals surface area contributed by atoms with E-state index in [1.54, 1.807) is 0 Å². The Morgan fingerprint density at radius 2 is 2.05 bits per heavy atom. The van der Waals surface area contributed by atoms with Crippen LogP contribution in [0.4, 0.5) is 0 Å². The van der Waals surface area contributed by atoms with Gasteiger partial charge in [0, 0.05) is 18.8 Å². The van der Waals surface area contributed by atoms with Crippen molar-refractivity contribution in [3.8, 4) is 0 Å². The molecule has 1 atom stereocenters. The maximum absolute atomic E-state index is 4.37. The molecule has 1 unspecified atom stereocenters. The second-order valence-electron chi connectivity index (χ2n) is 5.38. The first kappa shape index (κ1) is 14.8. The van der Waals surface area contributed by atoms with Crippen LogP contribution in [0, 0.1) is 13.8 Å². The number of hydrogen-bond acceptors (Lipinski definition) is 2. The van der Waals surface area contributed by atoms with Crippen molar-refractivity contribution < 1.29 is 0 Å². The number of hydrogen-bond donors (Lipinski definition) is 1. The molecule has 0 aliphatic rings. The summed E-state index contributed by atoms with van der Waals surface area (Å²) in [6, 6.07) is 7.04. The van der Waals surface area contributed by atoms with Crippen molar-refractivity contribution in [1.82, 2.24) is 15.1 Å². The topological polar surface area (TPSA) is 29.9 Å². The van der Waals surface area contributed by atoms with Gasteiger partial charge in [-0.15, -0.1) is 0 Å². The zero-order chi connectivity index (χ0) is 14.5. The van der Waals surface area contributed by atoms with Crippen molar-refractivity contribution in [2.24, 2.45) is 0 Å². The molecule has 0 spiro atoms. The largest absolute Gasteiger partial charge is 0.310 e. The van der Waals surface area contributed by atoms with Gasteiger partial charge in [0.15, 0.2) is 0 Å². The zero-order valence-corrected chi connectivity index (χ0v) is 13.0. The molecule has 2 aromatic rings. The predicted molar refractivity (Wildman–Crippen MR) is 83.9 cm³/mol. The molecular formula is C17H25N3. The fourth-order valence-corrected chi connectivity index (χ4v) is 2.59. The van der Waals surface area contributed by atoms with E-state index in [-0.39, 0.29) is 0 Å². The number of rotatable bonds is 6. The molecule has 0 aliphatic carbocycles. The number of aryl methyl sites for hydroxylation is 3. The fraction of sp³-hybridized carbons (Fsp3) is 0.471. The number of nitrogens with one attached hydrogen (secondary N) is 1. The SMILES string of the molecule is CCNC(Cc1cnn(CC)c1)c1cc(C)ccc1C. The molecule has 108 valence electrons. The van der Waals surface area contributed by atoms with Crippen molar-refractivity contribution >= 4 is 0 Å². The molecular weight excluding hydrogens is 246 g/mol. The van der Waals surface area contributed by atoms with Crippen molar-refractivity contribution in [2.75, 3.05) is 6.54 Å². The first-order valence-corrected chi connectivity index (χ1v) is 7.45. The minimum absolute atomic E-state index is 0.356. The molecule has 3 nitrogen and oxygen atoms in total. The standard InChI is InChI=1S/C17H25N3/c1-5-18-17(10-15-11-19-20(6-2)12-15)16-9-13(3)7-8-14(16)4/h7-9,11-12,17-18H,5-6,10H2,1-4H3. The van der Waals surface area contributed by atoms with E-state index in [1.807, 2.05) is 10.9 Å². The molecule has 0 bridgehead atoms. The van der Waals surface area contributed by atoms with Crippen LogP contribution in [0.25, 0.3) is 0 Å². The van der Waals surface area contributed by atoms with E-state index >= 15 is 0 Å². The van der Waals surface area contributed by atoms with Crippen molar-refractivity contribution in [2.45, 2.75) is 46.7 Å². The first-order chi connectivity index (χ1) is 9.63. The smallest absolute Gasteiger partial charge is 0.0522 e. The summed E-state index contributed by atoms with van der Waals surface area (Å²) in [7, 11) is 0. The molecule has 0 amide bonds. The molecule has 1 N–H and O–H groups in total. The van der Waals surface area contributed by atoms with E-state index in [0.29, 0.717) is 6.04 Å². The highest BCUT2D eigenvalue weighted by atomic mass is 15.3. The zero-order valence-electron chi connectivity index (χ0n) is 13.0. The molecule has 20 heavy (non-hydrogen) atoms. The third kappa shape index (κ3) is 3.48. The fourth-order valence-electron chi connectivity index (χ4n) is 2.59. The summed E-state index contributed by atoms with van der Waals surface area (Å²) < 4.78 is 1.99. The highest BCUT2D eigenvalue weighted by molar-refractivity contribution is 5.34. The van der Waals surface area contributed by atoms with Gasteiger partial charge in [0.25, 0.3) is 0 Å². The first-order valence-electron chi connectivity index (χ1n) is 7.45. The van der Waals surface area contributed by atoms with Gasteiger partial charge in [-0.25, -0.2) is 0 Å². The Morgan fingerprint density at radius 1 is 1.25 bits per heavy atom. The minimum atomic E-state index is 0.356. The monoisotopic (exact) mass is 271 g/mol. The van der Waals surface area contributed by atoms with E-state index in [9.17, 15) is 0 Å². The Hall–Kier alpha value is -1.61. The van der Waals surface area contributed by atoms with Crippen molar-refractivity contribution in [1.29, 1.82) is 0 Å². The quantitative estimate of drug-likeness (QED) is 0.872. The number of benzene rings is 1. The molecule has 1 aromatic carbocycles. The number of nitrogens with zero attached hydrogens (tertiary/aromatic N) is 2. The lowest BCUT2D eigenvalue weighted by Crippen LogP contribution is -2.23. The maximum Gasteiger partial charge on any atom is 0.0522 e. The summed E-state index contributed by atoms with van der Waals surface area (Å²) in [5.41, 5.74) is 5.36. The van der Waals surface area contributed by atoms with Gasteiger partial charge in [-0.05, 0) is 50.4 Å². The molecule has 0 aliphatic heterocycles. The highest BCUT2D eigenvalue weighted by Gasteiger charge is 2.14. The minimum Gasteiger partial charge on any atom is -0.310 e. The van der Waals surface area contributed by atoms with Crippen LogP contribution in [0.15, 0.2) is 30.6 Å². The summed E-state index contributed by atoms with van der Waals surface area (Å²) in [5, 5.41) is 7.98. The van der Waals surface area contributed by atoms with Gasteiger partial charge in [-0.1, -0.05) is 30.7 Å². The van der Waals surface area contributed by atoms with Gasteiger partial charge in [0.2, 0.25) is 0 Å². The molecule has 0 saturated carbocycles. The highest BCUT2D eigenvalue weighted by Crippen LogP contribution is 2.23. The van der Waals surface area contributed by atoms with E-state index in [4.69, 9.17) is 0 Å². The average Bonchev–Trinajstić information content (AvgIpc) is 2.89. The van der Waals surface area contributed by atoms with Gasteiger partial charge < -0.3 is 5.32 Å². The number of likely N-dealkylation sites (N-methyl/N-ethyl adjacent to an activating group) is 1. The third-order valence-electron chi connectivity index (χ3n) is 3.71. The van der Waals surface area contributed by atoms with Gasteiger partial charge in [-0.3, -0.25) is 4.68 Å². The summed E-state index contributed by atoms with van der Waals surface area (Å²) in [6.45, 7) is 10.5. The van der Waals surface area contributed by atoms with Gasteiger partial charge in [-0.2, -0.15) is 5.10 Å². The van der Waals surface area contributed by atoms with Crippen molar-refractivity contribution in [3.63, 3.8) is 0 Å². The Kier molecular flexibility index (Phi) is 4.96. The lowest BCUT2D eigenvalue weighted by molar-refractivity contribution is 0.546. The van der Waals surface area contributed by atoms with Crippen LogP contribution in [-0.2, 0) is 13.0 Å². The van der Waals surface area contributed by atoms with Crippen LogP contribution in [-0.4, -0.2) is 16.3 Å². The Labute approximate surface area is 122 Å². The van der Waals surface area contributed by atoms with Crippen LogP contribution >= 0.6 is 0 Å². The van der Waals surface area contributed by atoms with Crippen LogP contribution in [0.3, 0.4) is 0 Å². The van der Waals surface area contributed by atoms with Gasteiger partial charge in [0.1, 0.15) is 0 Å². The van der Waals surface area contributed by atoms with E-state index in [2.05, 4.69) is 62.5 Å². The molecule has 2 rings (SSSR count). The summed E-state index contributed by atoms with van der Waals surface area (Å²) in [6.07, 6.45) is 5.12. The second-order valence-corrected chi connectivity index (χ2v) is 5.38. The normalized spacial score (nSPS) is 12.6. The van der Waals surface area contributed by atoms with E-state index < -0.39 is 0 Å². The maximum atomic E-state index is 4.37. The Bertz CT molecular complexity index is 557. The van der Waals surface area contributed by atoms with Crippen molar-refractivity contribution in [3.05, 3.63) is 52.8 Å².